The van der Waals surface area contributed by atoms with Crippen molar-refractivity contribution >= 4 is 23.9 Å². The second-order valence-corrected chi connectivity index (χ2v) is 7.83. The molecular weight excluding hydrogens is 392 g/mol. The Morgan fingerprint density at radius 1 is 0.700 bits per heavy atom. The fraction of sp³-hybridized carbons (Fsp3) is 0.818. The Balaban J connectivity index is 4.67. The number of carbonyl (C=O) groups excluding carboxylic acids is 4. The molecule has 3 unspecified atom stereocenters. The van der Waals surface area contributed by atoms with Crippen LogP contribution in [0.15, 0.2) is 0 Å². The summed E-state index contributed by atoms with van der Waals surface area (Å²) in [7, 11) is 1.33. The number of hydrogen-bond donors (Lipinski definition) is 0. The molecule has 174 valence electrons. The SMILES string of the molecule is CCCCCCC(CC(C(=O)[O-])C(CCCCCCCC(=O)OC)C(=O)[O-])C(=O)[O-]. The molecule has 0 aromatic heterocycles. The Hall–Kier alpha value is -2.12. The van der Waals surface area contributed by atoms with Gasteiger partial charge in [0.15, 0.2) is 0 Å². The van der Waals surface area contributed by atoms with E-state index in [1.807, 2.05) is 6.92 Å². The second-order valence-electron chi connectivity index (χ2n) is 7.83. The van der Waals surface area contributed by atoms with Crippen molar-refractivity contribution in [3.8, 4) is 0 Å². The van der Waals surface area contributed by atoms with Crippen LogP contribution in [-0.4, -0.2) is 31.0 Å². The average Bonchev–Trinajstić information content (AvgIpc) is 2.69. The van der Waals surface area contributed by atoms with Gasteiger partial charge in [0.05, 0.1) is 7.11 Å². The first kappa shape index (κ1) is 27.9. The number of esters is 1. The topological polar surface area (TPSA) is 147 Å². The highest BCUT2D eigenvalue weighted by atomic mass is 16.5. The minimum Gasteiger partial charge on any atom is -0.550 e. The molecule has 30 heavy (non-hydrogen) atoms. The van der Waals surface area contributed by atoms with E-state index in [2.05, 4.69) is 4.74 Å². The van der Waals surface area contributed by atoms with Gasteiger partial charge in [0.25, 0.3) is 0 Å². The Morgan fingerprint density at radius 3 is 1.77 bits per heavy atom. The van der Waals surface area contributed by atoms with Crippen LogP contribution in [0.2, 0.25) is 0 Å². The van der Waals surface area contributed by atoms with Gasteiger partial charge in [0.1, 0.15) is 0 Å². The zero-order chi connectivity index (χ0) is 22.9. The monoisotopic (exact) mass is 427 g/mol. The van der Waals surface area contributed by atoms with Gasteiger partial charge in [-0.3, -0.25) is 4.79 Å². The van der Waals surface area contributed by atoms with E-state index in [0.717, 1.165) is 32.1 Å². The lowest BCUT2D eigenvalue weighted by Gasteiger charge is -2.32. The van der Waals surface area contributed by atoms with E-state index < -0.39 is 35.7 Å². The zero-order valence-corrected chi connectivity index (χ0v) is 18.2. The van der Waals surface area contributed by atoms with Crippen molar-refractivity contribution in [2.45, 2.75) is 90.4 Å². The van der Waals surface area contributed by atoms with Crippen LogP contribution < -0.4 is 15.3 Å². The number of methoxy groups -OCH3 is 1. The molecule has 0 aliphatic carbocycles. The van der Waals surface area contributed by atoms with E-state index >= 15 is 0 Å². The Bertz CT molecular complexity index is 531. The number of carbonyl (C=O) groups is 4. The Kier molecular flexibility index (Phi) is 15.5. The van der Waals surface area contributed by atoms with Crippen LogP contribution in [0.4, 0.5) is 0 Å². The lowest BCUT2D eigenvalue weighted by atomic mass is 9.80. The minimum atomic E-state index is -1.57. The molecule has 0 aliphatic rings. The van der Waals surface area contributed by atoms with Gasteiger partial charge in [0, 0.05) is 36.2 Å². The molecule has 8 nitrogen and oxygen atoms in total. The molecule has 0 aromatic rings. The number of rotatable bonds is 19. The quantitative estimate of drug-likeness (QED) is 0.212. The molecule has 0 aliphatic heterocycles. The van der Waals surface area contributed by atoms with Crippen LogP contribution in [-0.2, 0) is 23.9 Å². The van der Waals surface area contributed by atoms with Gasteiger partial charge in [-0.25, -0.2) is 0 Å². The van der Waals surface area contributed by atoms with Gasteiger partial charge >= 0.3 is 5.97 Å². The Morgan fingerprint density at radius 2 is 1.23 bits per heavy atom. The molecule has 3 atom stereocenters. The molecule has 0 fully saturated rings. The lowest BCUT2D eigenvalue weighted by molar-refractivity contribution is -0.329. The first-order valence-corrected chi connectivity index (χ1v) is 10.9. The summed E-state index contributed by atoms with van der Waals surface area (Å²) in [6, 6.07) is 0. The van der Waals surface area contributed by atoms with E-state index in [-0.39, 0.29) is 25.2 Å². The normalized spacial score (nSPS) is 13.9. The maximum Gasteiger partial charge on any atom is 0.305 e. The summed E-state index contributed by atoms with van der Waals surface area (Å²) in [6.45, 7) is 2.02. The summed E-state index contributed by atoms with van der Waals surface area (Å²) in [5.74, 6) is -8.46. The van der Waals surface area contributed by atoms with Gasteiger partial charge < -0.3 is 34.4 Å². The van der Waals surface area contributed by atoms with Crippen molar-refractivity contribution in [1.29, 1.82) is 0 Å². The third-order valence-electron chi connectivity index (χ3n) is 5.49. The van der Waals surface area contributed by atoms with Crippen molar-refractivity contribution in [3.05, 3.63) is 0 Å². The molecule has 0 heterocycles. The van der Waals surface area contributed by atoms with E-state index in [1.165, 1.54) is 7.11 Å². The predicted octanol–water partition coefficient (Wildman–Crippen LogP) is 0.349. The highest BCUT2D eigenvalue weighted by Crippen LogP contribution is 2.28. The standard InChI is InChI=1S/C22H38O8/c1-3-4-5-9-12-16(20(24)25)15-18(22(28)29)17(21(26)27)13-10-7-6-8-11-14-19(23)30-2/h16-18H,3-15H2,1-2H3,(H,24,25)(H,26,27)(H,28,29)/p-3. The van der Waals surface area contributed by atoms with Gasteiger partial charge in [-0.2, -0.15) is 0 Å². The van der Waals surface area contributed by atoms with Gasteiger partial charge in [-0.1, -0.05) is 58.3 Å². The Labute approximate surface area is 179 Å². The minimum absolute atomic E-state index is 0.0770. The third kappa shape index (κ3) is 12.4. The van der Waals surface area contributed by atoms with Crippen LogP contribution >= 0.6 is 0 Å². The van der Waals surface area contributed by atoms with Crippen LogP contribution in [0.1, 0.15) is 90.4 Å². The summed E-state index contributed by atoms with van der Waals surface area (Å²) in [4.78, 5) is 45.6. The average molecular weight is 428 g/mol. The molecular formula is C22H35O8-3. The van der Waals surface area contributed by atoms with E-state index in [1.54, 1.807) is 0 Å². The highest BCUT2D eigenvalue weighted by molar-refractivity contribution is 5.78. The molecule has 0 N–H and O–H groups in total. The van der Waals surface area contributed by atoms with Crippen molar-refractivity contribution in [3.63, 3.8) is 0 Å². The molecule has 0 amide bonds. The van der Waals surface area contributed by atoms with Gasteiger partial charge in [-0.05, 0) is 31.6 Å². The lowest BCUT2D eigenvalue weighted by Crippen LogP contribution is -2.46. The third-order valence-corrected chi connectivity index (χ3v) is 5.49. The van der Waals surface area contributed by atoms with E-state index in [9.17, 15) is 34.5 Å². The summed E-state index contributed by atoms with van der Waals surface area (Å²) in [6.07, 6.45) is 7.07. The predicted molar refractivity (Wildman–Crippen MR) is 103 cm³/mol. The number of hydrogen-bond acceptors (Lipinski definition) is 8. The van der Waals surface area contributed by atoms with Crippen molar-refractivity contribution in [1.82, 2.24) is 0 Å². The van der Waals surface area contributed by atoms with Crippen LogP contribution in [0, 0.1) is 17.8 Å². The van der Waals surface area contributed by atoms with Crippen LogP contribution in [0.25, 0.3) is 0 Å². The zero-order valence-electron chi connectivity index (χ0n) is 18.2. The summed E-state index contributed by atoms with van der Waals surface area (Å²) in [5.41, 5.74) is 0. The summed E-state index contributed by atoms with van der Waals surface area (Å²) >= 11 is 0. The first-order chi connectivity index (χ1) is 14.2. The first-order valence-electron chi connectivity index (χ1n) is 10.9. The highest BCUT2D eigenvalue weighted by Gasteiger charge is 2.27. The number of carboxylic acids is 3. The molecule has 0 radical (unpaired) electrons. The van der Waals surface area contributed by atoms with Crippen LogP contribution in [0.3, 0.4) is 0 Å². The van der Waals surface area contributed by atoms with E-state index in [4.69, 9.17) is 0 Å². The maximum absolute atomic E-state index is 11.6. The van der Waals surface area contributed by atoms with Crippen molar-refractivity contribution < 1.29 is 39.2 Å². The molecule has 0 rings (SSSR count). The summed E-state index contributed by atoms with van der Waals surface area (Å²) < 4.78 is 4.55. The molecule has 0 saturated heterocycles. The largest absolute Gasteiger partial charge is 0.550 e. The molecule has 0 bridgehead atoms. The van der Waals surface area contributed by atoms with Crippen molar-refractivity contribution in [2.24, 2.45) is 17.8 Å². The fourth-order valence-electron chi connectivity index (χ4n) is 3.63. The number of unbranched alkanes of at least 4 members (excludes halogenated alkanes) is 7. The van der Waals surface area contributed by atoms with Crippen molar-refractivity contribution in [2.75, 3.05) is 7.11 Å². The second kappa shape index (κ2) is 16.7. The summed E-state index contributed by atoms with van der Waals surface area (Å²) in [5, 5.41) is 34.6. The number of carboxylic acid groups (broad SMARTS) is 3. The van der Waals surface area contributed by atoms with Gasteiger partial charge in [-0.15, -0.1) is 0 Å². The van der Waals surface area contributed by atoms with Gasteiger partial charge in [0.2, 0.25) is 0 Å². The fourth-order valence-corrected chi connectivity index (χ4v) is 3.63. The molecule has 0 aromatic carbocycles. The number of ether oxygens (including phenoxy) is 1. The molecule has 0 spiro atoms. The molecule has 8 heteroatoms. The maximum atomic E-state index is 11.6. The number of aliphatic carboxylic acids is 3. The van der Waals surface area contributed by atoms with Crippen LogP contribution in [0.5, 0.6) is 0 Å². The smallest absolute Gasteiger partial charge is 0.305 e. The molecule has 0 saturated carbocycles. The van der Waals surface area contributed by atoms with E-state index in [0.29, 0.717) is 32.1 Å².